The largest absolute Gasteiger partial charge is 0.325 e. The Bertz CT molecular complexity index is 528. The number of amides is 1. The van der Waals surface area contributed by atoms with Crippen molar-refractivity contribution in [2.45, 2.75) is 32.7 Å². The van der Waals surface area contributed by atoms with Crippen LogP contribution < -0.4 is 5.32 Å². The molecule has 116 valence electrons. The lowest BCUT2D eigenvalue weighted by Crippen LogP contribution is -2.36. The molecule has 1 heterocycles. The van der Waals surface area contributed by atoms with Gasteiger partial charge in [-0.1, -0.05) is 11.6 Å². The number of Topliss-reactive ketones (excluding diaryl/α,β-unsaturated/α-hetero) is 1. The summed E-state index contributed by atoms with van der Waals surface area (Å²) in [5, 5.41) is 3.02. The highest BCUT2D eigenvalue weighted by Gasteiger charge is 2.25. The first kappa shape index (κ1) is 18.0. The third kappa shape index (κ3) is 4.43. The predicted molar refractivity (Wildman–Crippen MR) is 87.6 cm³/mol. The quantitative estimate of drug-likeness (QED) is 0.861. The smallest absolute Gasteiger partial charge is 0.221 e. The molecule has 0 aliphatic carbocycles. The normalized spacial score (nSPS) is 16.1. The van der Waals surface area contributed by atoms with Gasteiger partial charge in [-0.25, -0.2) is 0 Å². The van der Waals surface area contributed by atoms with Crippen LogP contribution in [0.5, 0.6) is 0 Å². The van der Waals surface area contributed by atoms with Gasteiger partial charge in [0.2, 0.25) is 5.91 Å². The zero-order chi connectivity index (χ0) is 14.7. The van der Waals surface area contributed by atoms with E-state index in [1.165, 1.54) is 6.92 Å². The monoisotopic (exact) mass is 330 g/mol. The first-order valence-electron chi connectivity index (χ1n) is 6.84. The molecule has 1 fully saturated rings. The van der Waals surface area contributed by atoms with E-state index in [9.17, 15) is 9.59 Å². The summed E-state index contributed by atoms with van der Waals surface area (Å²) in [6.45, 7) is 5.31. The second kappa shape index (κ2) is 7.78. The Labute approximate surface area is 136 Å². The van der Waals surface area contributed by atoms with E-state index < -0.39 is 0 Å². The highest BCUT2D eigenvalue weighted by molar-refractivity contribution is 6.34. The van der Waals surface area contributed by atoms with Crippen molar-refractivity contribution in [3.05, 3.63) is 28.8 Å². The predicted octanol–water partition coefficient (Wildman–Crippen LogP) is 3.39. The molecule has 1 aliphatic rings. The molecule has 0 bridgehead atoms. The van der Waals surface area contributed by atoms with Crippen molar-refractivity contribution in [1.82, 2.24) is 4.90 Å². The van der Waals surface area contributed by atoms with Crippen LogP contribution in [-0.4, -0.2) is 35.7 Å². The lowest BCUT2D eigenvalue weighted by Gasteiger charge is -2.22. The maximum atomic E-state index is 12.4. The molecule has 1 N–H and O–H groups in total. The van der Waals surface area contributed by atoms with E-state index in [1.807, 2.05) is 6.92 Å². The number of carbonyl (C=O) groups is 2. The number of nitrogens with zero attached hydrogens (tertiary/aromatic N) is 1. The molecule has 1 saturated heterocycles. The Kier molecular flexibility index (Phi) is 6.65. The van der Waals surface area contributed by atoms with Crippen molar-refractivity contribution < 1.29 is 9.59 Å². The van der Waals surface area contributed by atoms with Gasteiger partial charge in [0, 0.05) is 12.5 Å². The van der Waals surface area contributed by atoms with Crippen LogP contribution >= 0.6 is 24.0 Å². The third-order valence-electron chi connectivity index (χ3n) is 3.63. The maximum absolute atomic E-state index is 12.4. The summed E-state index contributed by atoms with van der Waals surface area (Å²) in [5.74, 6) is -0.111. The summed E-state index contributed by atoms with van der Waals surface area (Å²) in [4.78, 5) is 25.6. The fourth-order valence-corrected chi connectivity index (χ4v) is 2.72. The number of halogens is 2. The van der Waals surface area contributed by atoms with Gasteiger partial charge in [0.15, 0.2) is 5.78 Å². The molecule has 0 radical (unpaired) electrons. The van der Waals surface area contributed by atoms with E-state index in [4.69, 9.17) is 11.6 Å². The molecule has 1 atom stereocenters. The summed E-state index contributed by atoms with van der Waals surface area (Å²) < 4.78 is 0. The minimum Gasteiger partial charge on any atom is -0.325 e. The average Bonchev–Trinajstić information content (AvgIpc) is 2.93. The van der Waals surface area contributed by atoms with Crippen molar-refractivity contribution >= 4 is 41.4 Å². The van der Waals surface area contributed by atoms with Gasteiger partial charge < -0.3 is 5.32 Å². The standard InChI is InChI=1S/C15H19ClN2O2.ClH/c1-10(18-7-3-4-8-18)15(20)12-5-6-14(13(16)9-12)17-11(2)19;/h5-6,9-10H,3-4,7-8H2,1-2H3,(H,17,19);1H. The van der Waals surface area contributed by atoms with Crippen LogP contribution in [0, 0.1) is 0 Å². The molecule has 0 saturated carbocycles. The second-order valence-electron chi connectivity index (χ2n) is 5.16. The van der Waals surface area contributed by atoms with Crippen LogP contribution in [-0.2, 0) is 4.79 Å². The van der Waals surface area contributed by atoms with Gasteiger partial charge in [-0.3, -0.25) is 14.5 Å². The van der Waals surface area contributed by atoms with Crippen LogP contribution in [0.3, 0.4) is 0 Å². The number of hydrogen-bond acceptors (Lipinski definition) is 3. The first-order chi connectivity index (χ1) is 9.49. The summed E-state index contributed by atoms with van der Waals surface area (Å²) in [7, 11) is 0. The molecule has 1 aliphatic heterocycles. The Balaban J connectivity index is 0.00000220. The van der Waals surface area contributed by atoms with Crippen molar-refractivity contribution in [1.29, 1.82) is 0 Å². The lowest BCUT2D eigenvalue weighted by molar-refractivity contribution is -0.114. The number of anilines is 1. The minimum absolute atomic E-state index is 0. The number of likely N-dealkylation sites (tertiary alicyclic amines) is 1. The molecular formula is C15H20Cl2N2O2. The SMILES string of the molecule is CC(=O)Nc1ccc(C(=O)C(C)N2CCCC2)cc1Cl.Cl. The van der Waals surface area contributed by atoms with E-state index in [1.54, 1.807) is 18.2 Å². The van der Waals surface area contributed by atoms with E-state index in [2.05, 4.69) is 10.2 Å². The van der Waals surface area contributed by atoms with Crippen LogP contribution in [0.2, 0.25) is 5.02 Å². The van der Waals surface area contributed by atoms with Crippen LogP contribution in [0.25, 0.3) is 0 Å². The summed E-state index contributed by atoms with van der Waals surface area (Å²) >= 11 is 6.10. The van der Waals surface area contributed by atoms with Gasteiger partial charge in [0.05, 0.1) is 16.8 Å². The fraction of sp³-hybridized carbons (Fsp3) is 0.467. The summed E-state index contributed by atoms with van der Waals surface area (Å²) in [6.07, 6.45) is 2.31. The number of benzene rings is 1. The van der Waals surface area contributed by atoms with Crippen LogP contribution in [0.4, 0.5) is 5.69 Å². The van der Waals surface area contributed by atoms with E-state index in [-0.39, 0.29) is 30.1 Å². The molecule has 1 unspecified atom stereocenters. The van der Waals surface area contributed by atoms with E-state index in [0.29, 0.717) is 16.3 Å². The highest BCUT2D eigenvalue weighted by atomic mass is 35.5. The molecule has 21 heavy (non-hydrogen) atoms. The van der Waals surface area contributed by atoms with Gasteiger partial charge in [-0.15, -0.1) is 12.4 Å². The van der Waals surface area contributed by atoms with Crippen LogP contribution in [0.15, 0.2) is 18.2 Å². The van der Waals surface area contributed by atoms with Crippen molar-refractivity contribution in [3.63, 3.8) is 0 Å². The Morgan fingerprint density at radius 3 is 2.43 bits per heavy atom. The van der Waals surface area contributed by atoms with Gasteiger partial charge in [0.1, 0.15) is 0 Å². The topological polar surface area (TPSA) is 49.4 Å². The highest BCUT2D eigenvalue weighted by Crippen LogP contribution is 2.24. The van der Waals surface area contributed by atoms with Crippen molar-refractivity contribution in [3.8, 4) is 0 Å². The van der Waals surface area contributed by atoms with Gasteiger partial charge in [-0.05, 0) is 51.1 Å². The van der Waals surface area contributed by atoms with E-state index >= 15 is 0 Å². The fourth-order valence-electron chi connectivity index (χ4n) is 2.50. The Morgan fingerprint density at radius 1 is 1.29 bits per heavy atom. The van der Waals surface area contributed by atoms with Crippen LogP contribution in [0.1, 0.15) is 37.0 Å². The molecule has 6 heteroatoms. The summed E-state index contributed by atoms with van der Waals surface area (Å²) in [5.41, 5.74) is 1.12. The zero-order valence-corrected chi connectivity index (χ0v) is 13.8. The van der Waals surface area contributed by atoms with E-state index in [0.717, 1.165) is 25.9 Å². The molecular weight excluding hydrogens is 311 g/mol. The minimum atomic E-state index is -0.184. The molecule has 4 nitrogen and oxygen atoms in total. The lowest BCUT2D eigenvalue weighted by atomic mass is 10.0. The van der Waals surface area contributed by atoms with Gasteiger partial charge >= 0.3 is 0 Å². The number of nitrogens with one attached hydrogen (secondary N) is 1. The van der Waals surface area contributed by atoms with Crippen molar-refractivity contribution in [2.75, 3.05) is 18.4 Å². The van der Waals surface area contributed by atoms with Gasteiger partial charge in [0.25, 0.3) is 0 Å². The number of carbonyl (C=O) groups excluding carboxylic acids is 2. The molecule has 0 aromatic heterocycles. The molecule has 0 spiro atoms. The Hall–Kier alpha value is -1.10. The molecule has 2 rings (SSSR count). The number of rotatable bonds is 4. The molecule has 1 aromatic carbocycles. The first-order valence-corrected chi connectivity index (χ1v) is 7.22. The van der Waals surface area contributed by atoms with Gasteiger partial charge in [-0.2, -0.15) is 0 Å². The second-order valence-corrected chi connectivity index (χ2v) is 5.57. The average molecular weight is 331 g/mol. The zero-order valence-electron chi connectivity index (χ0n) is 12.2. The third-order valence-corrected chi connectivity index (χ3v) is 3.94. The van der Waals surface area contributed by atoms with Crippen molar-refractivity contribution in [2.24, 2.45) is 0 Å². The maximum Gasteiger partial charge on any atom is 0.221 e. The number of hydrogen-bond donors (Lipinski definition) is 1. The molecule has 1 amide bonds. The number of ketones is 1. The Morgan fingerprint density at radius 2 is 1.90 bits per heavy atom. The summed E-state index contributed by atoms with van der Waals surface area (Å²) in [6, 6.07) is 4.89. The molecule has 1 aromatic rings.